The van der Waals surface area contributed by atoms with Gasteiger partial charge < -0.3 is 26.2 Å². The normalized spacial score (nSPS) is 15.2. The van der Waals surface area contributed by atoms with Gasteiger partial charge in [-0.05, 0) is 19.3 Å². The maximum Gasteiger partial charge on any atom is 0.472 e. The Kier molecular flexibility index (Phi) is 32.2. The average Bonchev–Trinajstić information content (AvgIpc) is 3.03. The molecule has 4 unspecified atom stereocenters. The highest BCUT2D eigenvalue weighted by molar-refractivity contribution is 7.47. The Hall–Kier alpha value is -0.800. The number of nitrogens with one attached hydrogen (secondary N) is 1. The van der Waals surface area contributed by atoms with Gasteiger partial charge in [-0.15, -0.1) is 0 Å². The van der Waals surface area contributed by atoms with Crippen molar-refractivity contribution in [2.75, 3.05) is 19.8 Å². The van der Waals surface area contributed by atoms with Crippen molar-refractivity contribution in [2.24, 2.45) is 5.73 Å². The molecule has 274 valence electrons. The molecule has 46 heavy (non-hydrogen) atoms. The van der Waals surface area contributed by atoms with Gasteiger partial charge in [0.2, 0.25) is 5.91 Å². The number of hydrogen-bond donors (Lipinski definition) is 5. The monoisotopic (exact) mass is 677 g/mol. The van der Waals surface area contributed by atoms with E-state index in [9.17, 15) is 24.5 Å². The quantitative estimate of drug-likeness (QED) is 0.0254. The zero-order valence-corrected chi connectivity index (χ0v) is 30.6. The molecule has 0 radical (unpaired) electrons. The minimum atomic E-state index is -4.38. The van der Waals surface area contributed by atoms with Crippen molar-refractivity contribution in [3.8, 4) is 0 Å². The summed E-state index contributed by atoms with van der Waals surface area (Å²) in [5.74, 6) is -0.449. The molecule has 0 spiro atoms. The van der Waals surface area contributed by atoms with E-state index in [0.29, 0.717) is 6.42 Å². The maximum atomic E-state index is 12.7. The second-order valence-electron chi connectivity index (χ2n) is 13.0. The molecule has 0 saturated carbocycles. The first kappa shape index (κ1) is 45.2. The highest BCUT2D eigenvalue weighted by Crippen LogP contribution is 2.43. The largest absolute Gasteiger partial charge is 0.472 e. The summed E-state index contributed by atoms with van der Waals surface area (Å²) in [5, 5.41) is 23.8. The number of hydrogen-bond acceptors (Lipinski definition) is 7. The molecule has 0 aromatic heterocycles. The van der Waals surface area contributed by atoms with E-state index in [-0.39, 0.29) is 19.6 Å². The van der Waals surface area contributed by atoms with Crippen molar-refractivity contribution in [2.45, 2.75) is 193 Å². The van der Waals surface area contributed by atoms with Crippen LogP contribution in [0.5, 0.6) is 0 Å². The SMILES string of the molecule is CCCCCCCCCCCCCCCCC/C=C/C(O)C(COP(=O)(O)OCCN)NC(=O)CC(O)CCCCCCCCC. The molecule has 0 aliphatic heterocycles. The summed E-state index contributed by atoms with van der Waals surface area (Å²) in [7, 11) is -4.38. The lowest BCUT2D eigenvalue weighted by atomic mass is 10.0. The van der Waals surface area contributed by atoms with Crippen LogP contribution >= 0.6 is 7.82 Å². The summed E-state index contributed by atoms with van der Waals surface area (Å²) in [6, 6.07) is -0.975. The van der Waals surface area contributed by atoms with Crippen LogP contribution in [0.2, 0.25) is 0 Å². The minimum absolute atomic E-state index is 0.0510. The van der Waals surface area contributed by atoms with Crippen molar-refractivity contribution >= 4 is 13.7 Å². The first-order valence-electron chi connectivity index (χ1n) is 18.9. The number of phosphoric ester groups is 1. The zero-order chi connectivity index (χ0) is 34.1. The third kappa shape index (κ3) is 30.5. The molecule has 1 amide bonds. The van der Waals surface area contributed by atoms with Gasteiger partial charge in [0.25, 0.3) is 0 Å². The maximum absolute atomic E-state index is 12.7. The number of carbonyl (C=O) groups is 1. The fraction of sp³-hybridized carbons (Fsp3) is 0.917. The third-order valence-corrected chi connectivity index (χ3v) is 9.40. The molecule has 0 saturated heterocycles. The van der Waals surface area contributed by atoms with E-state index < -0.39 is 38.6 Å². The van der Waals surface area contributed by atoms with Gasteiger partial charge in [-0.1, -0.05) is 161 Å². The number of aliphatic hydroxyl groups excluding tert-OH is 2. The summed E-state index contributed by atoms with van der Waals surface area (Å²) in [4.78, 5) is 22.5. The van der Waals surface area contributed by atoms with Crippen LogP contribution in [0, 0.1) is 0 Å². The van der Waals surface area contributed by atoms with Gasteiger partial charge in [0, 0.05) is 6.54 Å². The van der Waals surface area contributed by atoms with Crippen molar-refractivity contribution in [1.29, 1.82) is 0 Å². The fourth-order valence-corrected chi connectivity index (χ4v) is 6.29. The summed E-state index contributed by atoms with van der Waals surface area (Å²) >= 11 is 0. The minimum Gasteiger partial charge on any atom is -0.393 e. The Morgan fingerprint density at radius 1 is 0.739 bits per heavy atom. The molecule has 0 aliphatic rings. The number of unbranched alkanes of at least 4 members (excludes halogenated alkanes) is 21. The van der Waals surface area contributed by atoms with Gasteiger partial charge in [0.05, 0.1) is 37.9 Å². The lowest BCUT2D eigenvalue weighted by Gasteiger charge is -2.24. The van der Waals surface area contributed by atoms with Crippen molar-refractivity contribution in [3.63, 3.8) is 0 Å². The molecule has 0 aromatic carbocycles. The molecule has 4 atom stereocenters. The van der Waals surface area contributed by atoms with Crippen molar-refractivity contribution < 1.29 is 33.5 Å². The zero-order valence-electron chi connectivity index (χ0n) is 29.7. The molecule has 0 rings (SSSR count). The summed E-state index contributed by atoms with van der Waals surface area (Å²) in [6.07, 6.45) is 30.3. The summed E-state index contributed by atoms with van der Waals surface area (Å²) in [5.41, 5.74) is 5.33. The van der Waals surface area contributed by atoms with E-state index in [1.54, 1.807) is 6.08 Å². The number of nitrogens with two attached hydrogens (primary N) is 1. The smallest absolute Gasteiger partial charge is 0.393 e. The van der Waals surface area contributed by atoms with Crippen LogP contribution in [-0.2, 0) is 18.4 Å². The van der Waals surface area contributed by atoms with Gasteiger partial charge >= 0.3 is 7.82 Å². The van der Waals surface area contributed by atoms with E-state index in [1.807, 2.05) is 6.08 Å². The second-order valence-corrected chi connectivity index (χ2v) is 14.4. The predicted octanol–water partition coefficient (Wildman–Crippen LogP) is 8.63. The molecule has 0 heterocycles. The summed E-state index contributed by atoms with van der Waals surface area (Å²) in [6.45, 7) is 3.92. The van der Waals surface area contributed by atoms with Crippen LogP contribution in [0.15, 0.2) is 12.2 Å². The molecule has 0 aliphatic carbocycles. The number of aliphatic hydroxyl groups is 2. The molecule has 0 fully saturated rings. The molecule has 0 aromatic rings. The number of phosphoric acid groups is 1. The Morgan fingerprint density at radius 2 is 1.20 bits per heavy atom. The Morgan fingerprint density at radius 3 is 1.67 bits per heavy atom. The fourth-order valence-electron chi connectivity index (χ4n) is 5.53. The lowest BCUT2D eigenvalue weighted by molar-refractivity contribution is -0.124. The van der Waals surface area contributed by atoms with E-state index in [0.717, 1.165) is 38.5 Å². The van der Waals surface area contributed by atoms with E-state index in [2.05, 4.69) is 19.2 Å². The van der Waals surface area contributed by atoms with Gasteiger partial charge in [0.1, 0.15) is 0 Å². The van der Waals surface area contributed by atoms with Gasteiger partial charge in [-0.2, -0.15) is 0 Å². The first-order valence-corrected chi connectivity index (χ1v) is 20.4. The highest BCUT2D eigenvalue weighted by Gasteiger charge is 2.27. The average molecular weight is 677 g/mol. The van der Waals surface area contributed by atoms with Crippen molar-refractivity contribution in [1.82, 2.24) is 5.32 Å². The number of rotatable bonds is 35. The summed E-state index contributed by atoms with van der Waals surface area (Å²) < 4.78 is 21.9. The predicted molar refractivity (Wildman–Crippen MR) is 191 cm³/mol. The molecule has 6 N–H and O–H groups in total. The Labute approximate surface area is 282 Å². The van der Waals surface area contributed by atoms with Crippen molar-refractivity contribution in [3.05, 3.63) is 12.2 Å². The standard InChI is InChI=1S/C36H73N2O7P/c1-3-5-7-9-11-12-13-14-15-16-17-18-19-20-22-24-26-28-35(40)34(32-45-46(42,43)44-30-29-37)38-36(41)31-33(39)27-25-23-21-10-8-6-4-2/h26,28,33-35,39-40H,3-25,27,29-32,37H2,1-2H3,(H,38,41)(H,42,43)/b28-26+. The molecular weight excluding hydrogens is 603 g/mol. The lowest BCUT2D eigenvalue weighted by Crippen LogP contribution is -2.46. The van der Waals surface area contributed by atoms with Crippen LogP contribution in [0.1, 0.15) is 174 Å². The molecule has 0 bridgehead atoms. The Bertz CT molecular complexity index is 756. The number of amides is 1. The van der Waals surface area contributed by atoms with Crippen LogP contribution in [0.25, 0.3) is 0 Å². The van der Waals surface area contributed by atoms with Crippen LogP contribution in [-0.4, -0.2) is 59.0 Å². The number of carbonyl (C=O) groups excluding carboxylic acids is 1. The Balaban J connectivity index is 4.37. The van der Waals surface area contributed by atoms with Gasteiger partial charge in [0.15, 0.2) is 0 Å². The van der Waals surface area contributed by atoms with Crippen LogP contribution in [0.3, 0.4) is 0 Å². The van der Waals surface area contributed by atoms with Gasteiger partial charge in [-0.25, -0.2) is 4.57 Å². The van der Waals surface area contributed by atoms with E-state index in [4.69, 9.17) is 14.8 Å². The molecule has 10 heteroatoms. The number of allylic oxidation sites excluding steroid dienone is 1. The topological polar surface area (TPSA) is 151 Å². The van der Waals surface area contributed by atoms with Crippen LogP contribution < -0.4 is 11.1 Å². The molecule has 9 nitrogen and oxygen atoms in total. The molecular formula is C36H73N2O7P. The van der Waals surface area contributed by atoms with E-state index >= 15 is 0 Å². The third-order valence-electron chi connectivity index (χ3n) is 8.42. The first-order chi connectivity index (χ1) is 22.3. The van der Waals surface area contributed by atoms with E-state index in [1.165, 1.54) is 109 Å². The van der Waals surface area contributed by atoms with Crippen LogP contribution in [0.4, 0.5) is 0 Å². The highest BCUT2D eigenvalue weighted by atomic mass is 31.2. The van der Waals surface area contributed by atoms with Gasteiger partial charge in [-0.3, -0.25) is 13.8 Å². The second kappa shape index (κ2) is 32.7.